The lowest BCUT2D eigenvalue weighted by atomic mass is 10.1. The lowest BCUT2D eigenvalue weighted by Crippen LogP contribution is -2.35. The molecule has 0 heterocycles. The first-order valence-corrected chi connectivity index (χ1v) is 10.2. The minimum atomic E-state index is 0.0174. The third-order valence-corrected chi connectivity index (χ3v) is 4.90. The Labute approximate surface area is 178 Å². The third-order valence-electron chi connectivity index (χ3n) is 4.90. The van der Waals surface area contributed by atoms with Crippen LogP contribution in [0.15, 0.2) is 72.8 Å². The summed E-state index contributed by atoms with van der Waals surface area (Å²) >= 11 is 0. The number of methoxy groups -OCH3 is 1. The molecule has 3 aromatic carbocycles. The number of ether oxygens (including phenoxy) is 2. The maximum atomic E-state index is 12.3. The average Bonchev–Trinajstić information content (AvgIpc) is 2.75. The van der Waals surface area contributed by atoms with Crippen LogP contribution in [-0.2, 0) is 24.2 Å². The maximum Gasteiger partial charge on any atom is 0.224 e. The molecular weight excluding hydrogens is 374 g/mol. The highest BCUT2D eigenvalue weighted by Crippen LogP contribution is 2.29. The minimum absolute atomic E-state index is 0.0174. The summed E-state index contributed by atoms with van der Waals surface area (Å²) in [7, 11) is 1.64. The zero-order chi connectivity index (χ0) is 21.3. The van der Waals surface area contributed by atoms with E-state index in [-0.39, 0.29) is 11.9 Å². The summed E-state index contributed by atoms with van der Waals surface area (Å²) in [6, 6.07) is 24.0. The number of carbonyl (C=O) groups excluding carboxylic acids is 1. The molecule has 0 spiro atoms. The normalized spacial score (nSPS) is 11.6. The van der Waals surface area contributed by atoms with Crippen LogP contribution in [0, 0.1) is 6.92 Å². The first-order valence-electron chi connectivity index (χ1n) is 10.2. The van der Waals surface area contributed by atoms with E-state index in [1.165, 1.54) is 5.56 Å². The Balaban J connectivity index is 1.54. The van der Waals surface area contributed by atoms with E-state index in [2.05, 4.69) is 5.32 Å². The van der Waals surface area contributed by atoms with Gasteiger partial charge < -0.3 is 14.8 Å². The standard InChI is InChI=1S/C26H29NO3/c1-19-9-11-21(12-10-19)17-26(28)27-20(2)15-23-13-14-24(25(16-23)29-3)30-18-22-7-5-4-6-8-22/h4-14,16,20H,15,17-18H2,1-3H3,(H,27,28). The van der Waals surface area contributed by atoms with Gasteiger partial charge in [0, 0.05) is 6.04 Å². The zero-order valence-corrected chi connectivity index (χ0v) is 17.9. The number of hydrogen-bond donors (Lipinski definition) is 1. The molecule has 4 heteroatoms. The van der Waals surface area contributed by atoms with Gasteiger partial charge in [-0.1, -0.05) is 66.2 Å². The number of amides is 1. The highest BCUT2D eigenvalue weighted by Gasteiger charge is 2.12. The molecule has 3 aromatic rings. The highest BCUT2D eigenvalue weighted by atomic mass is 16.5. The van der Waals surface area contributed by atoms with Crippen molar-refractivity contribution in [1.29, 1.82) is 0 Å². The van der Waals surface area contributed by atoms with Crippen LogP contribution in [0.2, 0.25) is 0 Å². The van der Waals surface area contributed by atoms with Crippen LogP contribution in [-0.4, -0.2) is 19.1 Å². The van der Waals surface area contributed by atoms with Gasteiger partial charge in [0.05, 0.1) is 13.5 Å². The summed E-state index contributed by atoms with van der Waals surface area (Å²) in [6.07, 6.45) is 1.11. The second kappa shape index (κ2) is 10.5. The topological polar surface area (TPSA) is 47.6 Å². The van der Waals surface area contributed by atoms with Crippen molar-refractivity contribution in [3.63, 3.8) is 0 Å². The summed E-state index contributed by atoms with van der Waals surface area (Å²) in [4.78, 5) is 12.3. The van der Waals surface area contributed by atoms with Crippen LogP contribution in [0.5, 0.6) is 11.5 Å². The molecule has 0 aliphatic heterocycles. The summed E-state index contributed by atoms with van der Waals surface area (Å²) in [5.74, 6) is 1.43. The fourth-order valence-electron chi connectivity index (χ4n) is 3.32. The number of benzene rings is 3. The Morgan fingerprint density at radius 2 is 1.60 bits per heavy atom. The fourth-order valence-corrected chi connectivity index (χ4v) is 3.32. The van der Waals surface area contributed by atoms with Gasteiger partial charge in [-0.3, -0.25) is 4.79 Å². The Morgan fingerprint density at radius 3 is 2.30 bits per heavy atom. The van der Waals surface area contributed by atoms with E-state index in [0.717, 1.165) is 23.1 Å². The van der Waals surface area contributed by atoms with Gasteiger partial charge >= 0.3 is 0 Å². The van der Waals surface area contributed by atoms with E-state index in [4.69, 9.17) is 9.47 Å². The molecule has 0 aliphatic carbocycles. The maximum absolute atomic E-state index is 12.3. The van der Waals surface area contributed by atoms with Crippen molar-refractivity contribution in [2.75, 3.05) is 7.11 Å². The summed E-state index contributed by atoms with van der Waals surface area (Å²) < 4.78 is 11.4. The molecule has 0 radical (unpaired) electrons. The van der Waals surface area contributed by atoms with Gasteiger partial charge in [0.15, 0.2) is 11.5 Å². The van der Waals surface area contributed by atoms with Crippen LogP contribution >= 0.6 is 0 Å². The molecule has 0 saturated carbocycles. The summed E-state index contributed by atoms with van der Waals surface area (Å²) in [5, 5.41) is 3.08. The minimum Gasteiger partial charge on any atom is -0.493 e. The first kappa shape index (κ1) is 21.4. The predicted molar refractivity (Wildman–Crippen MR) is 120 cm³/mol. The Morgan fingerprint density at radius 1 is 0.900 bits per heavy atom. The van der Waals surface area contributed by atoms with Crippen molar-refractivity contribution < 1.29 is 14.3 Å². The Kier molecular flexibility index (Phi) is 7.50. The van der Waals surface area contributed by atoms with Gasteiger partial charge in [-0.05, 0) is 49.1 Å². The lowest BCUT2D eigenvalue weighted by Gasteiger charge is -2.16. The Bertz CT molecular complexity index is 952. The van der Waals surface area contributed by atoms with Crippen molar-refractivity contribution in [2.24, 2.45) is 0 Å². The van der Waals surface area contributed by atoms with Gasteiger partial charge in [-0.2, -0.15) is 0 Å². The van der Waals surface area contributed by atoms with Crippen LogP contribution < -0.4 is 14.8 Å². The average molecular weight is 404 g/mol. The third kappa shape index (κ3) is 6.38. The Hall–Kier alpha value is -3.27. The SMILES string of the molecule is COc1cc(CC(C)NC(=O)Cc2ccc(C)cc2)ccc1OCc1ccccc1. The van der Waals surface area contributed by atoms with Crippen molar-refractivity contribution >= 4 is 5.91 Å². The van der Waals surface area contributed by atoms with E-state index in [1.54, 1.807) is 7.11 Å². The molecule has 3 rings (SSSR count). The van der Waals surface area contributed by atoms with Crippen LogP contribution in [0.4, 0.5) is 0 Å². The van der Waals surface area contributed by atoms with Crippen molar-refractivity contribution in [2.45, 2.75) is 39.3 Å². The van der Waals surface area contributed by atoms with Crippen LogP contribution in [0.1, 0.15) is 29.2 Å². The lowest BCUT2D eigenvalue weighted by molar-refractivity contribution is -0.121. The van der Waals surface area contributed by atoms with Gasteiger partial charge in [-0.15, -0.1) is 0 Å². The number of nitrogens with one attached hydrogen (secondary N) is 1. The van der Waals surface area contributed by atoms with Gasteiger partial charge in [0.1, 0.15) is 6.61 Å². The smallest absolute Gasteiger partial charge is 0.224 e. The van der Waals surface area contributed by atoms with E-state index in [0.29, 0.717) is 24.5 Å². The van der Waals surface area contributed by atoms with E-state index >= 15 is 0 Å². The zero-order valence-electron chi connectivity index (χ0n) is 17.9. The van der Waals surface area contributed by atoms with Crippen molar-refractivity contribution in [3.05, 3.63) is 95.1 Å². The molecule has 1 amide bonds. The van der Waals surface area contributed by atoms with Crippen molar-refractivity contribution in [1.82, 2.24) is 5.32 Å². The van der Waals surface area contributed by atoms with Crippen LogP contribution in [0.3, 0.4) is 0 Å². The van der Waals surface area contributed by atoms with Gasteiger partial charge in [-0.25, -0.2) is 0 Å². The quantitative estimate of drug-likeness (QED) is 0.554. The molecule has 4 nitrogen and oxygen atoms in total. The molecule has 0 aliphatic rings. The van der Waals surface area contributed by atoms with E-state index in [1.807, 2.05) is 86.6 Å². The number of hydrogen-bond acceptors (Lipinski definition) is 3. The van der Waals surface area contributed by atoms with E-state index in [9.17, 15) is 4.79 Å². The molecule has 0 bridgehead atoms. The molecule has 1 unspecified atom stereocenters. The number of rotatable bonds is 9. The molecule has 0 fully saturated rings. The second-order valence-corrected chi connectivity index (χ2v) is 7.59. The molecular formula is C26H29NO3. The second-order valence-electron chi connectivity index (χ2n) is 7.59. The fraction of sp³-hybridized carbons (Fsp3) is 0.269. The van der Waals surface area contributed by atoms with Gasteiger partial charge in [0.2, 0.25) is 5.91 Å². The number of aryl methyl sites for hydroxylation is 1. The summed E-state index contributed by atoms with van der Waals surface area (Å²) in [6.45, 7) is 4.54. The largest absolute Gasteiger partial charge is 0.493 e. The molecule has 156 valence electrons. The highest BCUT2D eigenvalue weighted by molar-refractivity contribution is 5.78. The monoisotopic (exact) mass is 403 g/mol. The molecule has 1 N–H and O–H groups in total. The molecule has 30 heavy (non-hydrogen) atoms. The predicted octanol–water partition coefficient (Wildman–Crippen LogP) is 4.87. The first-order chi connectivity index (χ1) is 14.5. The molecule has 0 saturated heterocycles. The molecule has 1 atom stereocenters. The number of carbonyl (C=O) groups is 1. The van der Waals surface area contributed by atoms with Crippen molar-refractivity contribution in [3.8, 4) is 11.5 Å². The summed E-state index contributed by atoms with van der Waals surface area (Å²) in [5.41, 5.74) is 4.40. The molecule has 0 aromatic heterocycles. The van der Waals surface area contributed by atoms with Gasteiger partial charge in [0.25, 0.3) is 0 Å². The van der Waals surface area contributed by atoms with Crippen LogP contribution in [0.25, 0.3) is 0 Å². The van der Waals surface area contributed by atoms with E-state index < -0.39 is 0 Å².